The molecule has 1 aliphatic rings. The third-order valence-electron chi connectivity index (χ3n) is 4.93. The lowest BCUT2D eigenvalue weighted by Crippen LogP contribution is -2.30. The van der Waals surface area contributed by atoms with E-state index in [0.29, 0.717) is 0 Å². The zero-order valence-corrected chi connectivity index (χ0v) is 16.8. The summed E-state index contributed by atoms with van der Waals surface area (Å²) in [6.07, 6.45) is 1.43. The van der Waals surface area contributed by atoms with Crippen molar-refractivity contribution in [3.63, 3.8) is 0 Å². The first-order valence-corrected chi connectivity index (χ1v) is 9.41. The smallest absolute Gasteiger partial charge is 0.307 e. The van der Waals surface area contributed by atoms with Gasteiger partial charge >= 0.3 is 5.97 Å². The van der Waals surface area contributed by atoms with Gasteiger partial charge in [-0.15, -0.1) is 6.58 Å². The Morgan fingerprint density at radius 2 is 1.77 bits per heavy atom. The molecule has 7 heteroatoms. The molecule has 0 unspecified atom stereocenters. The van der Waals surface area contributed by atoms with Gasteiger partial charge < -0.3 is 10.1 Å². The summed E-state index contributed by atoms with van der Waals surface area (Å²) in [4.78, 5) is 50.6. The lowest BCUT2D eigenvalue weighted by Gasteiger charge is -2.18. The molecule has 1 aliphatic heterocycles. The number of nitrogens with zero attached hydrogens (tertiary/aromatic N) is 1. The Labute approximate surface area is 174 Å². The van der Waals surface area contributed by atoms with Crippen molar-refractivity contribution in [2.45, 2.75) is 19.4 Å². The number of esters is 1. The van der Waals surface area contributed by atoms with E-state index in [1.807, 2.05) is 31.2 Å². The second-order valence-corrected chi connectivity index (χ2v) is 6.99. The van der Waals surface area contributed by atoms with Gasteiger partial charge in [-0.1, -0.05) is 35.9 Å². The minimum Gasteiger partial charge on any atom is -0.469 e. The van der Waals surface area contributed by atoms with Gasteiger partial charge in [0.2, 0.25) is 0 Å². The summed E-state index contributed by atoms with van der Waals surface area (Å²) in [6, 6.07) is 11.2. The predicted molar refractivity (Wildman–Crippen MR) is 110 cm³/mol. The summed E-state index contributed by atoms with van der Waals surface area (Å²) in [5, 5.41) is 2.82. The Bertz CT molecular complexity index is 1030. The Morgan fingerprint density at radius 3 is 2.40 bits per heavy atom. The molecule has 1 atom stereocenters. The molecule has 0 aromatic heterocycles. The van der Waals surface area contributed by atoms with Gasteiger partial charge in [-0.3, -0.25) is 24.1 Å². The van der Waals surface area contributed by atoms with E-state index >= 15 is 0 Å². The average molecular weight is 406 g/mol. The highest BCUT2D eigenvalue weighted by molar-refractivity contribution is 6.22. The lowest BCUT2D eigenvalue weighted by molar-refractivity contribution is -0.141. The van der Waals surface area contributed by atoms with Crippen molar-refractivity contribution >= 4 is 23.7 Å². The SMILES string of the molecule is C=CCN1C(=O)c2ccc(C(=O)N[C@H](CC(=O)OC)c3ccc(C)cc3)cc2C1=O. The van der Waals surface area contributed by atoms with E-state index in [9.17, 15) is 19.2 Å². The van der Waals surface area contributed by atoms with Crippen molar-refractivity contribution in [3.8, 4) is 0 Å². The van der Waals surface area contributed by atoms with Crippen molar-refractivity contribution < 1.29 is 23.9 Å². The molecule has 1 heterocycles. The Morgan fingerprint density at radius 1 is 1.10 bits per heavy atom. The quantitative estimate of drug-likeness (QED) is 0.434. The number of rotatable bonds is 7. The second-order valence-electron chi connectivity index (χ2n) is 6.99. The highest BCUT2D eigenvalue weighted by Gasteiger charge is 2.35. The molecule has 0 aliphatic carbocycles. The minimum atomic E-state index is -0.603. The van der Waals surface area contributed by atoms with E-state index in [-0.39, 0.29) is 29.7 Å². The van der Waals surface area contributed by atoms with Crippen molar-refractivity contribution in [2.24, 2.45) is 0 Å². The normalized spacial score (nSPS) is 13.6. The molecule has 0 saturated carbocycles. The first-order valence-electron chi connectivity index (χ1n) is 9.41. The zero-order valence-electron chi connectivity index (χ0n) is 16.8. The molecule has 30 heavy (non-hydrogen) atoms. The molecule has 2 aromatic carbocycles. The van der Waals surface area contributed by atoms with E-state index in [2.05, 4.69) is 11.9 Å². The molecule has 0 saturated heterocycles. The third-order valence-corrected chi connectivity index (χ3v) is 4.93. The van der Waals surface area contributed by atoms with E-state index in [1.54, 1.807) is 0 Å². The van der Waals surface area contributed by atoms with Gasteiger partial charge in [0, 0.05) is 12.1 Å². The minimum absolute atomic E-state index is 0.0409. The maximum Gasteiger partial charge on any atom is 0.307 e. The van der Waals surface area contributed by atoms with Crippen LogP contribution in [0.2, 0.25) is 0 Å². The zero-order chi connectivity index (χ0) is 21.8. The molecule has 7 nitrogen and oxygen atoms in total. The molecule has 0 fully saturated rings. The number of nitrogens with one attached hydrogen (secondary N) is 1. The van der Waals surface area contributed by atoms with Gasteiger partial charge in [0.05, 0.1) is 30.7 Å². The van der Waals surface area contributed by atoms with Crippen molar-refractivity contribution in [3.05, 3.63) is 82.9 Å². The van der Waals surface area contributed by atoms with Crippen LogP contribution in [0, 0.1) is 6.92 Å². The summed E-state index contributed by atoms with van der Waals surface area (Å²) in [6.45, 7) is 5.59. The summed E-state index contributed by atoms with van der Waals surface area (Å²) in [5.74, 6) is -1.80. The number of hydrogen-bond acceptors (Lipinski definition) is 5. The summed E-state index contributed by atoms with van der Waals surface area (Å²) in [7, 11) is 1.29. The number of fused-ring (bicyclic) bond motifs is 1. The summed E-state index contributed by atoms with van der Waals surface area (Å²) >= 11 is 0. The number of ether oxygens (including phenoxy) is 1. The lowest BCUT2D eigenvalue weighted by atomic mass is 10.0. The van der Waals surface area contributed by atoms with Crippen LogP contribution in [0.4, 0.5) is 0 Å². The van der Waals surface area contributed by atoms with Crippen molar-refractivity contribution in [1.29, 1.82) is 0 Å². The van der Waals surface area contributed by atoms with E-state index in [0.717, 1.165) is 16.0 Å². The van der Waals surface area contributed by atoms with Gasteiger partial charge in [-0.2, -0.15) is 0 Å². The number of carbonyl (C=O) groups excluding carboxylic acids is 4. The second kappa shape index (κ2) is 8.73. The molecule has 154 valence electrons. The fraction of sp³-hybridized carbons (Fsp3) is 0.217. The van der Waals surface area contributed by atoms with Crippen LogP contribution in [-0.4, -0.2) is 42.2 Å². The fourth-order valence-electron chi connectivity index (χ4n) is 3.27. The highest BCUT2D eigenvalue weighted by Crippen LogP contribution is 2.25. The number of amides is 3. The average Bonchev–Trinajstić information content (AvgIpc) is 2.98. The van der Waals surface area contributed by atoms with Crippen LogP contribution in [0.1, 0.15) is 54.7 Å². The summed E-state index contributed by atoms with van der Waals surface area (Å²) in [5.41, 5.74) is 2.45. The molecule has 0 bridgehead atoms. The number of methoxy groups -OCH3 is 1. The monoisotopic (exact) mass is 406 g/mol. The van der Waals surface area contributed by atoms with Gasteiger partial charge in [0.25, 0.3) is 17.7 Å². The van der Waals surface area contributed by atoms with Crippen LogP contribution in [0.15, 0.2) is 55.1 Å². The maximum absolute atomic E-state index is 12.9. The summed E-state index contributed by atoms with van der Waals surface area (Å²) < 4.78 is 4.75. The van der Waals surface area contributed by atoms with E-state index < -0.39 is 29.7 Å². The molecule has 3 rings (SSSR count). The molecular weight excluding hydrogens is 384 g/mol. The van der Waals surface area contributed by atoms with E-state index in [1.165, 1.54) is 31.4 Å². The first-order chi connectivity index (χ1) is 14.3. The predicted octanol–water partition coefficient (Wildman–Crippen LogP) is 2.81. The van der Waals surface area contributed by atoms with Crippen LogP contribution in [0.25, 0.3) is 0 Å². The molecule has 2 aromatic rings. The number of imide groups is 1. The molecule has 1 N–H and O–H groups in total. The third kappa shape index (κ3) is 4.15. The number of benzene rings is 2. The first kappa shape index (κ1) is 21.0. The van der Waals surface area contributed by atoms with Crippen molar-refractivity contribution in [1.82, 2.24) is 10.2 Å². The molecule has 0 spiro atoms. The maximum atomic E-state index is 12.9. The Hall–Kier alpha value is -3.74. The standard InChI is InChI=1S/C23H22N2O5/c1-4-11-25-22(28)17-10-9-16(12-18(17)23(25)29)21(27)24-19(13-20(26)30-3)15-7-5-14(2)6-8-15/h4-10,12,19H,1,11,13H2,2-3H3,(H,24,27)/t19-/m1/s1. The van der Waals surface area contributed by atoms with Gasteiger partial charge in [0.1, 0.15) is 0 Å². The fourth-order valence-corrected chi connectivity index (χ4v) is 3.27. The number of hydrogen-bond donors (Lipinski definition) is 1. The van der Waals surface area contributed by atoms with Gasteiger partial charge in [0.15, 0.2) is 0 Å². The highest BCUT2D eigenvalue weighted by atomic mass is 16.5. The van der Waals surface area contributed by atoms with Crippen LogP contribution in [-0.2, 0) is 9.53 Å². The molecule has 3 amide bonds. The topological polar surface area (TPSA) is 92.8 Å². The van der Waals surface area contributed by atoms with E-state index in [4.69, 9.17) is 4.74 Å². The van der Waals surface area contributed by atoms with Crippen LogP contribution in [0.5, 0.6) is 0 Å². The van der Waals surface area contributed by atoms with Crippen LogP contribution < -0.4 is 5.32 Å². The van der Waals surface area contributed by atoms with Crippen LogP contribution in [0.3, 0.4) is 0 Å². The Balaban J connectivity index is 1.86. The van der Waals surface area contributed by atoms with Gasteiger partial charge in [-0.05, 0) is 30.7 Å². The molecular formula is C23H22N2O5. The largest absolute Gasteiger partial charge is 0.469 e. The Kier molecular flexibility index (Phi) is 6.11. The van der Waals surface area contributed by atoms with Gasteiger partial charge in [-0.25, -0.2) is 0 Å². The van der Waals surface area contributed by atoms with Crippen molar-refractivity contribution in [2.75, 3.05) is 13.7 Å². The van der Waals surface area contributed by atoms with Crippen LogP contribution >= 0.6 is 0 Å². The number of aryl methyl sites for hydroxylation is 1. The number of carbonyl (C=O) groups is 4. The molecule has 0 radical (unpaired) electrons.